The molecule has 0 fully saturated rings. The molecule has 3 rings (SSSR count). The molecule has 0 radical (unpaired) electrons. The average Bonchev–Trinajstić information content (AvgIpc) is 3.15. The number of anilines is 1. The maximum Gasteiger partial charge on any atom is 0.257 e. The first-order valence-electron chi connectivity index (χ1n) is 10.6. The minimum Gasteiger partial charge on any atom is -0.497 e. The van der Waals surface area contributed by atoms with Crippen molar-refractivity contribution in [2.75, 3.05) is 32.2 Å². The summed E-state index contributed by atoms with van der Waals surface area (Å²) < 4.78 is 22.4. The van der Waals surface area contributed by atoms with Crippen LogP contribution in [0.3, 0.4) is 0 Å². The minimum atomic E-state index is -0.337. The van der Waals surface area contributed by atoms with Crippen molar-refractivity contribution in [1.82, 2.24) is 10.2 Å². The molecule has 8 heteroatoms. The van der Waals surface area contributed by atoms with Gasteiger partial charge in [0.05, 0.1) is 26.9 Å². The lowest BCUT2D eigenvalue weighted by Crippen LogP contribution is -2.14. The van der Waals surface area contributed by atoms with Gasteiger partial charge in [0.2, 0.25) is 5.75 Å². The number of ether oxygens (including phenoxy) is 4. The first kappa shape index (κ1) is 23.0. The predicted octanol–water partition coefficient (Wildman–Crippen LogP) is 4.84. The van der Waals surface area contributed by atoms with Crippen LogP contribution in [0, 0.1) is 6.92 Å². The molecule has 32 heavy (non-hydrogen) atoms. The van der Waals surface area contributed by atoms with Gasteiger partial charge in [-0.25, -0.2) is 0 Å². The summed E-state index contributed by atoms with van der Waals surface area (Å²) in [6.45, 7) is 8.83. The van der Waals surface area contributed by atoms with E-state index in [1.807, 2.05) is 52.0 Å². The summed E-state index contributed by atoms with van der Waals surface area (Å²) in [5.41, 5.74) is 2.93. The quantitative estimate of drug-likeness (QED) is 0.469. The molecule has 0 unspecified atom stereocenters. The Bertz CT molecular complexity index is 1030. The van der Waals surface area contributed by atoms with Crippen LogP contribution < -0.4 is 24.3 Å². The normalized spacial score (nSPS) is 10.5. The Labute approximate surface area is 187 Å². The fraction of sp³-hybridized carbons (Fsp3) is 0.333. The largest absolute Gasteiger partial charge is 0.497 e. The Morgan fingerprint density at radius 2 is 1.56 bits per heavy atom. The van der Waals surface area contributed by atoms with E-state index in [1.54, 1.807) is 19.2 Å². The van der Waals surface area contributed by atoms with Crippen molar-refractivity contribution in [1.29, 1.82) is 0 Å². The fourth-order valence-electron chi connectivity index (χ4n) is 3.33. The van der Waals surface area contributed by atoms with Crippen LogP contribution >= 0.6 is 0 Å². The van der Waals surface area contributed by atoms with E-state index in [2.05, 4.69) is 15.5 Å². The van der Waals surface area contributed by atoms with E-state index in [0.29, 0.717) is 48.5 Å². The standard InChI is InChI=1S/C24H29N3O5/c1-6-30-19-13-17(14-20(31-7-2)22(19)32-8-3)24(28)25-23-21(15(4)26-27-23)16-9-11-18(29-5)12-10-16/h9-14H,6-8H2,1-5H3,(H2,25,26,27,28). The molecule has 170 valence electrons. The molecular formula is C24H29N3O5. The summed E-state index contributed by atoms with van der Waals surface area (Å²) in [4.78, 5) is 13.2. The first-order chi connectivity index (χ1) is 15.5. The number of nitrogens with zero attached hydrogens (tertiary/aromatic N) is 1. The molecule has 1 amide bonds. The Morgan fingerprint density at radius 1 is 0.969 bits per heavy atom. The van der Waals surface area contributed by atoms with Crippen molar-refractivity contribution in [3.8, 4) is 34.1 Å². The first-order valence-corrected chi connectivity index (χ1v) is 10.6. The Balaban J connectivity index is 1.95. The van der Waals surface area contributed by atoms with Crippen molar-refractivity contribution >= 4 is 11.7 Å². The van der Waals surface area contributed by atoms with Crippen LogP contribution in [0.2, 0.25) is 0 Å². The number of amides is 1. The number of hydrogen-bond acceptors (Lipinski definition) is 6. The zero-order chi connectivity index (χ0) is 23.1. The number of H-pyrrole nitrogens is 1. The monoisotopic (exact) mass is 439 g/mol. The van der Waals surface area contributed by atoms with Crippen molar-refractivity contribution in [2.45, 2.75) is 27.7 Å². The van der Waals surface area contributed by atoms with E-state index >= 15 is 0 Å². The van der Waals surface area contributed by atoms with E-state index in [4.69, 9.17) is 18.9 Å². The Morgan fingerprint density at radius 3 is 2.09 bits per heavy atom. The van der Waals surface area contributed by atoms with E-state index in [9.17, 15) is 4.79 Å². The number of benzene rings is 2. The summed E-state index contributed by atoms with van der Waals surface area (Å²) in [7, 11) is 1.62. The van der Waals surface area contributed by atoms with Gasteiger partial charge in [0.25, 0.3) is 5.91 Å². The van der Waals surface area contributed by atoms with Crippen LogP contribution in [0.4, 0.5) is 5.82 Å². The van der Waals surface area contributed by atoms with Gasteiger partial charge in [-0.2, -0.15) is 5.10 Å². The lowest BCUT2D eigenvalue weighted by Gasteiger charge is -2.17. The molecule has 0 aliphatic carbocycles. The van der Waals surface area contributed by atoms with Crippen molar-refractivity contribution in [3.63, 3.8) is 0 Å². The molecular weight excluding hydrogens is 410 g/mol. The van der Waals surface area contributed by atoms with Gasteiger partial charge in [-0.05, 0) is 57.5 Å². The van der Waals surface area contributed by atoms with E-state index < -0.39 is 0 Å². The predicted molar refractivity (Wildman–Crippen MR) is 123 cm³/mol. The zero-order valence-corrected chi connectivity index (χ0v) is 19.1. The molecule has 0 saturated heterocycles. The van der Waals surface area contributed by atoms with Crippen LogP contribution in [0.15, 0.2) is 36.4 Å². The number of hydrogen-bond donors (Lipinski definition) is 2. The molecule has 2 aromatic carbocycles. The van der Waals surface area contributed by atoms with E-state index in [1.165, 1.54) is 0 Å². The molecule has 0 aliphatic heterocycles. The smallest absolute Gasteiger partial charge is 0.257 e. The average molecular weight is 440 g/mol. The highest BCUT2D eigenvalue weighted by Crippen LogP contribution is 2.39. The van der Waals surface area contributed by atoms with Gasteiger partial charge in [-0.15, -0.1) is 0 Å². The second-order valence-electron chi connectivity index (χ2n) is 6.86. The number of aromatic nitrogens is 2. The highest BCUT2D eigenvalue weighted by molar-refractivity contribution is 6.06. The SMILES string of the molecule is CCOc1cc(C(=O)Nc2n[nH]c(C)c2-c2ccc(OC)cc2)cc(OCC)c1OCC. The molecule has 1 heterocycles. The summed E-state index contributed by atoms with van der Waals surface area (Å²) in [6, 6.07) is 10.9. The Kier molecular flexibility index (Phi) is 7.59. The molecule has 0 aliphatic rings. The second kappa shape index (κ2) is 10.6. The number of nitrogens with one attached hydrogen (secondary N) is 2. The van der Waals surface area contributed by atoms with Crippen LogP contribution in [-0.2, 0) is 0 Å². The molecule has 1 aromatic heterocycles. The van der Waals surface area contributed by atoms with E-state index in [0.717, 1.165) is 22.6 Å². The maximum absolute atomic E-state index is 13.2. The molecule has 0 bridgehead atoms. The number of aromatic amines is 1. The van der Waals surface area contributed by atoms with Gasteiger partial charge in [0.15, 0.2) is 17.3 Å². The van der Waals surface area contributed by atoms with Crippen molar-refractivity contribution in [2.24, 2.45) is 0 Å². The van der Waals surface area contributed by atoms with Crippen LogP contribution in [0.1, 0.15) is 36.8 Å². The van der Waals surface area contributed by atoms with Gasteiger partial charge < -0.3 is 24.3 Å². The highest BCUT2D eigenvalue weighted by atomic mass is 16.5. The topological polar surface area (TPSA) is 94.7 Å². The zero-order valence-electron chi connectivity index (χ0n) is 19.1. The van der Waals surface area contributed by atoms with Gasteiger partial charge in [-0.1, -0.05) is 12.1 Å². The maximum atomic E-state index is 13.2. The molecule has 3 aromatic rings. The van der Waals surface area contributed by atoms with Crippen LogP contribution in [0.5, 0.6) is 23.0 Å². The summed E-state index contributed by atoms with van der Waals surface area (Å²) in [5.74, 6) is 2.25. The number of methoxy groups -OCH3 is 1. The Hall–Kier alpha value is -3.68. The fourth-order valence-corrected chi connectivity index (χ4v) is 3.33. The summed E-state index contributed by atoms with van der Waals surface area (Å²) in [5, 5.41) is 10.1. The lowest BCUT2D eigenvalue weighted by molar-refractivity contribution is 0.102. The number of carbonyl (C=O) groups excluding carboxylic acids is 1. The molecule has 2 N–H and O–H groups in total. The van der Waals surface area contributed by atoms with Gasteiger partial charge >= 0.3 is 0 Å². The molecule has 8 nitrogen and oxygen atoms in total. The number of carbonyl (C=O) groups is 1. The van der Waals surface area contributed by atoms with Crippen molar-refractivity contribution < 1.29 is 23.7 Å². The number of aryl methyl sites for hydroxylation is 1. The lowest BCUT2D eigenvalue weighted by atomic mass is 10.1. The third-order valence-corrected chi connectivity index (χ3v) is 4.73. The van der Waals surface area contributed by atoms with Crippen LogP contribution in [-0.4, -0.2) is 43.0 Å². The molecule has 0 spiro atoms. The molecule has 0 atom stereocenters. The third-order valence-electron chi connectivity index (χ3n) is 4.73. The summed E-state index contributed by atoms with van der Waals surface area (Å²) in [6.07, 6.45) is 0. The van der Waals surface area contributed by atoms with Gasteiger partial charge in [-0.3, -0.25) is 9.89 Å². The highest BCUT2D eigenvalue weighted by Gasteiger charge is 2.21. The minimum absolute atomic E-state index is 0.337. The van der Waals surface area contributed by atoms with E-state index in [-0.39, 0.29) is 5.91 Å². The van der Waals surface area contributed by atoms with Gasteiger partial charge in [0, 0.05) is 16.8 Å². The third kappa shape index (κ3) is 4.96. The summed E-state index contributed by atoms with van der Waals surface area (Å²) >= 11 is 0. The number of rotatable bonds is 10. The molecule has 0 saturated carbocycles. The second-order valence-corrected chi connectivity index (χ2v) is 6.86. The van der Waals surface area contributed by atoms with Crippen molar-refractivity contribution in [3.05, 3.63) is 47.7 Å². The van der Waals surface area contributed by atoms with Crippen LogP contribution in [0.25, 0.3) is 11.1 Å². The van der Waals surface area contributed by atoms with Gasteiger partial charge in [0.1, 0.15) is 5.75 Å².